The summed E-state index contributed by atoms with van der Waals surface area (Å²) in [6.07, 6.45) is 0.664. The van der Waals surface area contributed by atoms with Crippen LogP contribution in [0.4, 0.5) is 0 Å². The van der Waals surface area contributed by atoms with Gasteiger partial charge in [-0.1, -0.05) is 0 Å². The lowest BCUT2D eigenvalue weighted by Crippen LogP contribution is -2.43. The lowest BCUT2D eigenvalue weighted by molar-refractivity contribution is 0.275. The number of aliphatic hydroxyl groups excluding tert-OH is 1. The van der Waals surface area contributed by atoms with Gasteiger partial charge in [-0.2, -0.15) is 0 Å². The van der Waals surface area contributed by atoms with Crippen molar-refractivity contribution < 1.29 is 21.9 Å². The summed E-state index contributed by atoms with van der Waals surface area (Å²) < 4.78 is 48.7. The minimum absolute atomic E-state index is 0.0625. The first-order chi connectivity index (χ1) is 7.77. The molecule has 0 saturated carbocycles. The quantitative estimate of drug-likeness (QED) is 0.692. The molecule has 0 aromatic carbocycles. The van der Waals surface area contributed by atoms with Crippen LogP contribution in [0.5, 0.6) is 0 Å². The van der Waals surface area contributed by atoms with E-state index in [2.05, 4.69) is 4.72 Å². The lowest BCUT2D eigenvalue weighted by Gasteiger charge is -2.24. The Labute approximate surface area is 102 Å². The van der Waals surface area contributed by atoms with Crippen molar-refractivity contribution in [2.24, 2.45) is 0 Å². The SMILES string of the molecule is CC(CCO)NS(=O)(=O)C1CCS(=O)(=O)CC1. The molecule has 0 radical (unpaired) electrons. The zero-order valence-electron chi connectivity index (χ0n) is 9.79. The zero-order valence-corrected chi connectivity index (χ0v) is 11.4. The van der Waals surface area contributed by atoms with E-state index in [4.69, 9.17) is 5.11 Å². The van der Waals surface area contributed by atoms with Gasteiger partial charge in [-0.25, -0.2) is 21.6 Å². The van der Waals surface area contributed by atoms with Crippen LogP contribution in [-0.2, 0) is 19.9 Å². The van der Waals surface area contributed by atoms with Crippen molar-refractivity contribution >= 4 is 19.9 Å². The monoisotopic (exact) mass is 285 g/mol. The fraction of sp³-hybridized carbons (Fsp3) is 1.00. The highest BCUT2D eigenvalue weighted by Crippen LogP contribution is 2.19. The zero-order chi connectivity index (χ0) is 13.1. The fourth-order valence-electron chi connectivity index (χ4n) is 1.81. The Morgan fingerprint density at radius 1 is 1.35 bits per heavy atom. The maximum Gasteiger partial charge on any atom is 0.214 e. The topological polar surface area (TPSA) is 101 Å². The standard InChI is InChI=1S/C9H19NO5S2/c1-8(2-5-11)10-17(14,15)9-3-6-16(12,13)7-4-9/h8-11H,2-7H2,1H3. The van der Waals surface area contributed by atoms with Gasteiger partial charge in [-0.3, -0.25) is 0 Å². The van der Waals surface area contributed by atoms with E-state index in [0.29, 0.717) is 6.42 Å². The lowest BCUT2D eigenvalue weighted by atomic mass is 10.2. The first kappa shape index (κ1) is 14.9. The maximum atomic E-state index is 11.9. The summed E-state index contributed by atoms with van der Waals surface area (Å²) in [6, 6.07) is -0.330. The Bertz CT molecular complexity index is 428. The molecular weight excluding hydrogens is 266 g/mol. The second kappa shape index (κ2) is 5.64. The number of aliphatic hydroxyl groups is 1. The van der Waals surface area contributed by atoms with Crippen LogP contribution in [0.1, 0.15) is 26.2 Å². The van der Waals surface area contributed by atoms with E-state index in [1.165, 1.54) is 0 Å². The van der Waals surface area contributed by atoms with Crippen molar-refractivity contribution in [2.75, 3.05) is 18.1 Å². The molecule has 2 N–H and O–H groups in total. The summed E-state index contributed by atoms with van der Waals surface area (Å²) in [5.74, 6) is -0.125. The fourth-order valence-corrected chi connectivity index (χ4v) is 5.33. The van der Waals surface area contributed by atoms with Crippen LogP contribution in [0, 0.1) is 0 Å². The Hall–Kier alpha value is -0.180. The molecule has 1 heterocycles. The summed E-state index contributed by atoms with van der Waals surface area (Å²) in [4.78, 5) is 0. The second-order valence-corrected chi connectivity index (χ2v) is 8.72. The molecule has 1 atom stereocenters. The summed E-state index contributed by atoms with van der Waals surface area (Å²) in [6.45, 7) is 1.59. The van der Waals surface area contributed by atoms with Crippen molar-refractivity contribution in [3.63, 3.8) is 0 Å². The Balaban J connectivity index is 2.60. The highest BCUT2D eigenvalue weighted by Gasteiger charge is 2.33. The summed E-state index contributed by atoms with van der Waals surface area (Å²) in [5.41, 5.74) is 0. The van der Waals surface area contributed by atoms with E-state index < -0.39 is 25.1 Å². The van der Waals surface area contributed by atoms with Gasteiger partial charge >= 0.3 is 0 Å². The van der Waals surface area contributed by atoms with Gasteiger partial charge < -0.3 is 5.11 Å². The third-order valence-electron chi connectivity index (χ3n) is 2.87. The number of hydrogen-bond donors (Lipinski definition) is 2. The Morgan fingerprint density at radius 3 is 2.35 bits per heavy atom. The van der Waals surface area contributed by atoms with Gasteiger partial charge in [0.25, 0.3) is 0 Å². The van der Waals surface area contributed by atoms with Gasteiger partial charge in [-0.05, 0) is 26.2 Å². The first-order valence-electron chi connectivity index (χ1n) is 5.59. The Kier molecular flexibility index (Phi) is 4.94. The minimum Gasteiger partial charge on any atom is -0.396 e. The molecule has 0 aromatic heterocycles. The molecule has 0 aliphatic carbocycles. The molecule has 1 saturated heterocycles. The van der Waals surface area contributed by atoms with Crippen molar-refractivity contribution in [2.45, 2.75) is 37.5 Å². The van der Waals surface area contributed by atoms with E-state index in [1.807, 2.05) is 0 Å². The van der Waals surface area contributed by atoms with Gasteiger partial charge in [0.05, 0.1) is 16.8 Å². The average Bonchev–Trinajstić information content (AvgIpc) is 2.16. The molecular formula is C9H19NO5S2. The van der Waals surface area contributed by atoms with Gasteiger partial charge in [0.15, 0.2) is 0 Å². The summed E-state index contributed by atoms with van der Waals surface area (Å²) >= 11 is 0. The largest absolute Gasteiger partial charge is 0.396 e. The van der Waals surface area contributed by atoms with Crippen LogP contribution < -0.4 is 4.72 Å². The highest BCUT2D eigenvalue weighted by molar-refractivity contribution is 7.92. The van der Waals surface area contributed by atoms with Crippen molar-refractivity contribution in [3.8, 4) is 0 Å². The van der Waals surface area contributed by atoms with E-state index in [-0.39, 0.29) is 37.0 Å². The molecule has 102 valence electrons. The number of rotatable bonds is 5. The van der Waals surface area contributed by atoms with E-state index in [9.17, 15) is 16.8 Å². The number of hydrogen-bond acceptors (Lipinski definition) is 5. The molecule has 1 fully saturated rings. The molecule has 8 heteroatoms. The smallest absolute Gasteiger partial charge is 0.214 e. The van der Waals surface area contributed by atoms with Crippen LogP contribution in [0.25, 0.3) is 0 Å². The van der Waals surface area contributed by atoms with Gasteiger partial charge in [0.1, 0.15) is 9.84 Å². The number of sulfonamides is 1. The van der Waals surface area contributed by atoms with E-state index in [0.717, 1.165) is 0 Å². The molecule has 1 aliphatic heterocycles. The predicted octanol–water partition coefficient (Wildman–Crippen LogP) is -0.746. The molecule has 1 aliphatic rings. The summed E-state index contributed by atoms with van der Waals surface area (Å²) in [7, 11) is -6.53. The predicted molar refractivity (Wildman–Crippen MR) is 64.9 cm³/mol. The van der Waals surface area contributed by atoms with Gasteiger partial charge in [-0.15, -0.1) is 0 Å². The van der Waals surface area contributed by atoms with Crippen molar-refractivity contribution in [1.29, 1.82) is 0 Å². The normalized spacial score (nSPS) is 23.4. The maximum absolute atomic E-state index is 11.9. The van der Waals surface area contributed by atoms with Crippen LogP contribution in [0.3, 0.4) is 0 Å². The van der Waals surface area contributed by atoms with Crippen LogP contribution in [-0.4, -0.2) is 51.3 Å². The average molecular weight is 285 g/mol. The molecule has 0 amide bonds. The highest BCUT2D eigenvalue weighted by atomic mass is 32.2. The van der Waals surface area contributed by atoms with Crippen LogP contribution in [0.2, 0.25) is 0 Å². The van der Waals surface area contributed by atoms with E-state index in [1.54, 1.807) is 6.92 Å². The molecule has 1 rings (SSSR count). The molecule has 0 aromatic rings. The molecule has 1 unspecified atom stereocenters. The molecule has 17 heavy (non-hydrogen) atoms. The van der Waals surface area contributed by atoms with Gasteiger partial charge in [0, 0.05) is 12.6 Å². The van der Waals surface area contributed by atoms with Crippen LogP contribution in [0.15, 0.2) is 0 Å². The van der Waals surface area contributed by atoms with Crippen molar-refractivity contribution in [1.82, 2.24) is 4.72 Å². The van der Waals surface area contributed by atoms with Crippen LogP contribution >= 0.6 is 0 Å². The Morgan fingerprint density at radius 2 is 1.88 bits per heavy atom. The number of sulfone groups is 1. The molecule has 6 nitrogen and oxygen atoms in total. The molecule has 0 bridgehead atoms. The minimum atomic E-state index is -3.48. The molecule has 0 spiro atoms. The summed E-state index contributed by atoms with van der Waals surface area (Å²) in [5, 5.41) is 8.07. The van der Waals surface area contributed by atoms with Crippen molar-refractivity contribution in [3.05, 3.63) is 0 Å². The van der Waals surface area contributed by atoms with Gasteiger partial charge in [0.2, 0.25) is 10.0 Å². The number of nitrogens with one attached hydrogen (secondary N) is 1. The van der Waals surface area contributed by atoms with E-state index >= 15 is 0 Å². The first-order valence-corrected chi connectivity index (χ1v) is 8.96. The third kappa shape index (κ3) is 4.53. The second-order valence-electron chi connectivity index (χ2n) is 4.43. The third-order valence-corrected chi connectivity index (χ3v) is 6.66.